The summed E-state index contributed by atoms with van der Waals surface area (Å²) in [5.74, 6) is -2.24. The molecule has 0 atom stereocenters. The monoisotopic (exact) mass is 311 g/mol. The van der Waals surface area contributed by atoms with Gasteiger partial charge in [0.25, 0.3) is 0 Å². The van der Waals surface area contributed by atoms with E-state index in [1.165, 1.54) is 4.90 Å². The summed E-state index contributed by atoms with van der Waals surface area (Å²) in [7, 11) is 0. The van der Waals surface area contributed by atoms with E-state index in [1.807, 2.05) is 0 Å². The summed E-state index contributed by atoms with van der Waals surface area (Å²) < 4.78 is 26.9. The highest BCUT2D eigenvalue weighted by Crippen LogP contribution is 2.22. The molecule has 21 heavy (non-hydrogen) atoms. The van der Waals surface area contributed by atoms with Crippen LogP contribution < -0.4 is 4.90 Å². The van der Waals surface area contributed by atoms with E-state index < -0.39 is 17.6 Å². The van der Waals surface area contributed by atoms with Crippen molar-refractivity contribution in [2.24, 2.45) is 0 Å². The second kappa shape index (κ2) is 6.54. The molecule has 0 aliphatic carbocycles. The molecule has 1 N–H and O–H groups in total. The minimum Gasteiger partial charge on any atom is -0.480 e. The Morgan fingerprint density at radius 2 is 1.95 bits per heavy atom. The Labute approximate surface area is 125 Å². The highest BCUT2D eigenvalue weighted by molar-refractivity contribution is 6.30. The van der Waals surface area contributed by atoms with E-state index in [9.17, 15) is 13.6 Å². The van der Waals surface area contributed by atoms with Crippen molar-refractivity contribution in [1.82, 2.24) is 0 Å². The van der Waals surface area contributed by atoms with Gasteiger partial charge in [-0.25, -0.2) is 8.78 Å². The highest BCUT2D eigenvalue weighted by atomic mass is 35.5. The Morgan fingerprint density at radius 3 is 2.62 bits per heavy atom. The predicted octanol–water partition coefficient (Wildman–Crippen LogP) is 3.71. The summed E-state index contributed by atoms with van der Waals surface area (Å²) in [5, 5.41) is 9.41. The van der Waals surface area contributed by atoms with Gasteiger partial charge in [-0.15, -0.1) is 0 Å². The average Bonchev–Trinajstić information content (AvgIpc) is 2.41. The SMILES string of the molecule is O=C(O)CN(Cc1cc(F)ccc1F)c1cccc(Cl)c1. The largest absolute Gasteiger partial charge is 0.480 e. The van der Waals surface area contributed by atoms with Gasteiger partial charge in [0.1, 0.15) is 18.2 Å². The van der Waals surface area contributed by atoms with E-state index >= 15 is 0 Å². The average molecular weight is 312 g/mol. The molecule has 0 aliphatic heterocycles. The number of nitrogens with zero attached hydrogens (tertiary/aromatic N) is 1. The molecule has 0 unspecified atom stereocenters. The van der Waals surface area contributed by atoms with Crippen LogP contribution >= 0.6 is 11.6 Å². The second-order valence-corrected chi connectivity index (χ2v) is 4.90. The van der Waals surface area contributed by atoms with Crippen LogP contribution in [0.25, 0.3) is 0 Å². The van der Waals surface area contributed by atoms with Crippen molar-refractivity contribution in [2.75, 3.05) is 11.4 Å². The van der Waals surface area contributed by atoms with E-state index in [1.54, 1.807) is 24.3 Å². The molecule has 0 heterocycles. The van der Waals surface area contributed by atoms with E-state index in [-0.39, 0.29) is 18.7 Å². The topological polar surface area (TPSA) is 40.5 Å². The van der Waals surface area contributed by atoms with Gasteiger partial charge in [-0.3, -0.25) is 4.79 Å². The number of hydrogen-bond acceptors (Lipinski definition) is 2. The number of aliphatic carboxylic acids is 1. The number of hydrogen-bond donors (Lipinski definition) is 1. The molecule has 0 radical (unpaired) electrons. The van der Waals surface area contributed by atoms with Gasteiger partial charge in [-0.2, -0.15) is 0 Å². The molecular weight excluding hydrogens is 300 g/mol. The molecule has 0 saturated heterocycles. The molecule has 0 aliphatic rings. The van der Waals surface area contributed by atoms with Crippen molar-refractivity contribution >= 4 is 23.3 Å². The van der Waals surface area contributed by atoms with E-state index in [4.69, 9.17) is 16.7 Å². The maximum atomic E-state index is 13.7. The van der Waals surface area contributed by atoms with Crippen molar-refractivity contribution in [1.29, 1.82) is 0 Å². The molecule has 2 aromatic rings. The molecule has 110 valence electrons. The quantitative estimate of drug-likeness (QED) is 0.915. The van der Waals surface area contributed by atoms with E-state index in [0.29, 0.717) is 10.7 Å². The van der Waals surface area contributed by atoms with Crippen LogP contribution in [0.3, 0.4) is 0 Å². The highest BCUT2D eigenvalue weighted by Gasteiger charge is 2.14. The molecule has 0 aromatic heterocycles. The molecule has 0 fully saturated rings. The van der Waals surface area contributed by atoms with Crippen LogP contribution in [0.2, 0.25) is 5.02 Å². The standard InChI is InChI=1S/C15H12ClF2NO2/c16-11-2-1-3-13(7-11)19(9-15(20)21)8-10-6-12(17)4-5-14(10)18/h1-7H,8-9H2,(H,20,21). The first-order valence-corrected chi connectivity index (χ1v) is 6.50. The van der Waals surface area contributed by atoms with Gasteiger partial charge in [-0.1, -0.05) is 17.7 Å². The lowest BCUT2D eigenvalue weighted by molar-refractivity contribution is -0.135. The lowest BCUT2D eigenvalue weighted by Crippen LogP contribution is -2.29. The smallest absolute Gasteiger partial charge is 0.323 e. The van der Waals surface area contributed by atoms with Gasteiger partial charge in [0.2, 0.25) is 0 Å². The van der Waals surface area contributed by atoms with Crippen molar-refractivity contribution in [3.05, 3.63) is 64.7 Å². The number of benzene rings is 2. The van der Waals surface area contributed by atoms with Gasteiger partial charge in [0, 0.05) is 22.8 Å². The van der Waals surface area contributed by atoms with Crippen LogP contribution in [0.1, 0.15) is 5.56 Å². The molecule has 2 rings (SSSR count). The lowest BCUT2D eigenvalue weighted by Gasteiger charge is -2.23. The van der Waals surface area contributed by atoms with Crippen LogP contribution in [0.5, 0.6) is 0 Å². The van der Waals surface area contributed by atoms with E-state index in [2.05, 4.69) is 0 Å². The third kappa shape index (κ3) is 4.16. The van der Waals surface area contributed by atoms with Gasteiger partial charge in [0.15, 0.2) is 0 Å². The Hall–Kier alpha value is -2.14. The van der Waals surface area contributed by atoms with Gasteiger partial charge in [-0.05, 0) is 36.4 Å². The third-order valence-corrected chi connectivity index (χ3v) is 3.10. The summed E-state index contributed by atoms with van der Waals surface area (Å²) in [6.07, 6.45) is 0. The Balaban J connectivity index is 2.32. The fraction of sp³-hybridized carbons (Fsp3) is 0.133. The number of halogens is 3. The minimum atomic E-state index is -1.08. The van der Waals surface area contributed by atoms with Crippen LogP contribution in [-0.4, -0.2) is 17.6 Å². The fourth-order valence-corrected chi connectivity index (χ4v) is 2.13. The minimum absolute atomic E-state index is 0.0732. The van der Waals surface area contributed by atoms with E-state index in [0.717, 1.165) is 18.2 Å². The summed E-state index contributed by atoms with van der Waals surface area (Å²) in [6, 6.07) is 9.62. The summed E-state index contributed by atoms with van der Waals surface area (Å²) in [4.78, 5) is 12.4. The maximum absolute atomic E-state index is 13.7. The Kier molecular flexibility index (Phi) is 4.75. The zero-order valence-corrected chi connectivity index (χ0v) is 11.6. The number of carboxylic acids is 1. The molecular formula is C15H12ClF2NO2. The molecule has 6 heteroatoms. The number of anilines is 1. The Bertz CT molecular complexity index is 664. The Morgan fingerprint density at radius 1 is 1.19 bits per heavy atom. The van der Waals surface area contributed by atoms with Crippen LogP contribution in [-0.2, 0) is 11.3 Å². The lowest BCUT2D eigenvalue weighted by atomic mass is 10.1. The number of carbonyl (C=O) groups is 1. The molecule has 0 spiro atoms. The normalized spacial score (nSPS) is 10.4. The van der Waals surface area contributed by atoms with Crippen LogP contribution in [0.15, 0.2) is 42.5 Å². The number of carboxylic acid groups (broad SMARTS) is 1. The summed E-state index contributed by atoms with van der Waals surface area (Å²) in [6.45, 7) is -0.424. The zero-order chi connectivity index (χ0) is 15.4. The van der Waals surface area contributed by atoms with Gasteiger partial charge < -0.3 is 10.0 Å². The number of rotatable bonds is 5. The first kappa shape index (κ1) is 15.3. The van der Waals surface area contributed by atoms with Gasteiger partial charge >= 0.3 is 5.97 Å². The van der Waals surface area contributed by atoms with Crippen molar-refractivity contribution in [2.45, 2.75) is 6.54 Å². The van der Waals surface area contributed by atoms with Gasteiger partial charge in [0.05, 0.1) is 0 Å². The first-order chi connectivity index (χ1) is 9.95. The van der Waals surface area contributed by atoms with Crippen LogP contribution in [0.4, 0.5) is 14.5 Å². The van der Waals surface area contributed by atoms with Crippen molar-refractivity contribution in [3.63, 3.8) is 0 Å². The maximum Gasteiger partial charge on any atom is 0.323 e. The molecule has 0 bridgehead atoms. The molecule has 2 aromatic carbocycles. The summed E-state index contributed by atoms with van der Waals surface area (Å²) >= 11 is 5.88. The first-order valence-electron chi connectivity index (χ1n) is 6.12. The molecule has 3 nitrogen and oxygen atoms in total. The van der Waals surface area contributed by atoms with Crippen molar-refractivity contribution < 1.29 is 18.7 Å². The molecule has 0 saturated carbocycles. The third-order valence-electron chi connectivity index (χ3n) is 2.87. The zero-order valence-electron chi connectivity index (χ0n) is 10.9. The fourth-order valence-electron chi connectivity index (χ4n) is 1.94. The molecule has 0 amide bonds. The predicted molar refractivity (Wildman–Crippen MR) is 76.5 cm³/mol. The van der Waals surface area contributed by atoms with Crippen LogP contribution in [0, 0.1) is 11.6 Å². The summed E-state index contributed by atoms with van der Waals surface area (Å²) in [5.41, 5.74) is 0.602. The second-order valence-electron chi connectivity index (χ2n) is 4.47. The van der Waals surface area contributed by atoms with Crippen molar-refractivity contribution in [3.8, 4) is 0 Å².